The van der Waals surface area contributed by atoms with Crippen molar-refractivity contribution in [3.05, 3.63) is 12.3 Å². The first-order valence-corrected chi connectivity index (χ1v) is 5.96. The Morgan fingerprint density at radius 3 is 2.94 bits per heavy atom. The van der Waals surface area contributed by atoms with E-state index in [1.165, 1.54) is 0 Å². The first kappa shape index (κ1) is 12.7. The first-order valence-electron chi connectivity index (χ1n) is 5.96. The molecule has 4 heteroatoms. The van der Waals surface area contributed by atoms with Gasteiger partial charge >= 0.3 is 0 Å². The molecule has 1 heterocycles. The summed E-state index contributed by atoms with van der Waals surface area (Å²) < 4.78 is 5.44. The lowest BCUT2D eigenvalue weighted by Crippen LogP contribution is -2.12. The standard InChI is InChI=1S/C12H21N3O/c1-4-8-16-11-6-7-13-12(15-11)14-9-10(3)5-2/h6-7,10H,4-5,8-9H2,1-3H3,(H,13,14,15). The van der Waals surface area contributed by atoms with E-state index in [0.717, 1.165) is 19.4 Å². The highest BCUT2D eigenvalue weighted by molar-refractivity contribution is 5.27. The summed E-state index contributed by atoms with van der Waals surface area (Å²) in [6, 6.07) is 1.78. The molecule has 16 heavy (non-hydrogen) atoms. The third-order valence-corrected chi connectivity index (χ3v) is 2.39. The van der Waals surface area contributed by atoms with Crippen molar-refractivity contribution >= 4 is 5.95 Å². The van der Waals surface area contributed by atoms with Crippen LogP contribution in [-0.2, 0) is 0 Å². The number of hydrogen-bond acceptors (Lipinski definition) is 4. The van der Waals surface area contributed by atoms with Gasteiger partial charge in [0.05, 0.1) is 6.61 Å². The fraction of sp³-hybridized carbons (Fsp3) is 0.667. The molecule has 0 bridgehead atoms. The molecule has 1 rings (SSSR count). The lowest BCUT2D eigenvalue weighted by molar-refractivity contribution is 0.305. The normalized spacial score (nSPS) is 12.2. The maximum absolute atomic E-state index is 5.44. The van der Waals surface area contributed by atoms with Crippen LogP contribution in [0.1, 0.15) is 33.6 Å². The van der Waals surface area contributed by atoms with E-state index in [0.29, 0.717) is 24.4 Å². The highest BCUT2D eigenvalue weighted by Crippen LogP contribution is 2.09. The van der Waals surface area contributed by atoms with Crippen LogP contribution < -0.4 is 10.1 Å². The van der Waals surface area contributed by atoms with Crippen molar-refractivity contribution in [1.82, 2.24) is 9.97 Å². The molecular weight excluding hydrogens is 202 g/mol. The molecule has 0 aromatic carbocycles. The number of ether oxygens (including phenoxy) is 1. The third kappa shape index (κ3) is 4.47. The summed E-state index contributed by atoms with van der Waals surface area (Å²) in [6.07, 6.45) is 3.86. The number of aromatic nitrogens is 2. The molecule has 0 radical (unpaired) electrons. The van der Waals surface area contributed by atoms with Gasteiger partial charge in [0.2, 0.25) is 11.8 Å². The molecule has 0 aliphatic rings. The summed E-state index contributed by atoms with van der Waals surface area (Å²) in [5.41, 5.74) is 0. The van der Waals surface area contributed by atoms with E-state index in [2.05, 4.69) is 36.1 Å². The lowest BCUT2D eigenvalue weighted by Gasteiger charge is -2.10. The Labute approximate surface area is 97.5 Å². The van der Waals surface area contributed by atoms with E-state index in [-0.39, 0.29) is 0 Å². The number of nitrogens with zero attached hydrogens (tertiary/aromatic N) is 2. The summed E-state index contributed by atoms with van der Waals surface area (Å²) >= 11 is 0. The predicted octanol–water partition coefficient (Wildman–Crippen LogP) is 2.72. The van der Waals surface area contributed by atoms with Gasteiger partial charge in [0, 0.05) is 18.8 Å². The Morgan fingerprint density at radius 2 is 2.25 bits per heavy atom. The smallest absolute Gasteiger partial charge is 0.225 e. The molecule has 0 saturated carbocycles. The van der Waals surface area contributed by atoms with Gasteiger partial charge in [-0.3, -0.25) is 0 Å². The van der Waals surface area contributed by atoms with E-state index in [1.807, 2.05) is 0 Å². The summed E-state index contributed by atoms with van der Waals surface area (Å²) in [7, 11) is 0. The van der Waals surface area contributed by atoms with Crippen LogP contribution >= 0.6 is 0 Å². The van der Waals surface area contributed by atoms with Gasteiger partial charge in [-0.05, 0) is 12.3 Å². The molecule has 0 saturated heterocycles. The van der Waals surface area contributed by atoms with Crippen LogP contribution in [0.15, 0.2) is 12.3 Å². The van der Waals surface area contributed by atoms with Gasteiger partial charge in [-0.15, -0.1) is 0 Å². The molecule has 1 N–H and O–H groups in total. The molecular formula is C12H21N3O. The van der Waals surface area contributed by atoms with E-state index < -0.39 is 0 Å². The van der Waals surface area contributed by atoms with Crippen molar-refractivity contribution in [3.63, 3.8) is 0 Å². The monoisotopic (exact) mass is 223 g/mol. The largest absolute Gasteiger partial charge is 0.478 e. The van der Waals surface area contributed by atoms with Crippen molar-refractivity contribution in [1.29, 1.82) is 0 Å². The lowest BCUT2D eigenvalue weighted by atomic mass is 10.1. The van der Waals surface area contributed by atoms with Crippen molar-refractivity contribution in [2.45, 2.75) is 33.6 Å². The number of anilines is 1. The minimum absolute atomic E-state index is 0.629. The second-order valence-electron chi connectivity index (χ2n) is 3.96. The predicted molar refractivity (Wildman–Crippen MR) is 65.8 cm³/mol. The summed E-state index contributed by atoms with van der Waals surface area (Å²) in [4.78, 5) is 8.42. The van der Waals surface area contributed by atoms with E-state index >= 15 is 0 Å². The van der Waals surface area contributed by atoms with Crippen LogP contribution in [0.5, 0.6) is 5.88 Å². The van der Waals surface area contributed by atoms with Crippen LogP contribution in [0.25, 0.3) is 0 Å². The van der Waals surface area contributed by atoms with Gasteiger partial charge in [0.15, 0.2) is 0 Å². The van der Waals surface area contributed by atoms with Gasteiger partial charge in [-0.25, -0.2) is 4.98 Å². The molecule has 0 aliphatic carbocycles. The molecule has 90 valence electrons. The van der Waals surface area contributed by atoms with Crippen molar-refractivity contribution in [3.8, 4) is 5.88 Å². The van der Waals surface area contributed by atoms with Gasteiger partial charge in [-0.1, -0.05) is 27.2 Å². The SMILES string of the molecule is CCCOc1ccnc(NCC(C)CC)n1. The topological polar surface area (TPSA) is 47.0 Å². The van der Waals surface area contributed by atoms with Crippen molar-refractivity contribution in [2.75, 3.05) is 18.5 Å². The van der Waals surface area contributed by atoms with Crippen LogP contribution in [0.4, 0.5) is 5.95 Å². The molecule has 1 unspecified atom stereocenters. The Bertz CT molecular complexity index is 304. The second-order valence-corrected chi connectivity index (χ2v) is 3.96. The van der Waals surface area contributed by atoms with Gasteiger partial charge < -0.3 is 10.1 Å². The van der Waals surface area contributed by atoms with Crippen LogP contribution in [0, 0.1) is 5.92 Å². The molecule has 0 aliphatic heterocycles. The molecule has 4 nitrogen and oxygen atoms in total. The fourth-order valence-electron chi connectivity index (χ4n) is 1.12. The van der Waals surface area contributed by atoms with Gasteiger partial charge in [0.1, 0.15) is 0 Å². The molecule has 1 aromatic heterocycles. The highest BCUT2D eigenvalue weighted by atomic mass is 16.5. The minimum atomic E-state index is 0.629. The van der Waals surface area contributed by atoms with E-state index in [4.69, 9.17) is 4.74 Å². The van der Waals surface area contributed by atoms with Crippen LogP contribution in [-0.4, -0.2) is 23.1 Å². The third-order valence-electron chi connectivity index (χ3n) is 2.39. The van der Waals surface area contributed by atoms with Gasteiger partial charge in [-0.2, -0.15) is 4.98 Å². The van der Waals surface area contributed by atoms with Crippen molar-refractivity contribution in [2.24, 2.45) is 5.92 Å². The zero-order chi connectivity index (χ0) is 11.8. The Hall–Kier alpha value is -1.32. The maximum Gasteiger partial charge on any atom is 0.225 e. The Balaban J connectivity index is 2.46. The number of nitrogens with one attached hydrogen (secondary N) is 1. The summed E-state index contributed by atoms with van der Waals surface area (Å²) in [5, 5.41) is 3.21. The van der Waals surface area contributed by atoms with Crippen LogP contribution in [0.3, 0.4) is 0 Å². The summed E-state index contributed by atoms with van der Waals surface area (Å²) in [5.74, 6) is 1.92. The Kier molecular flexibility index (Phi) is 5.61. The zero-order valence-electron chi connectivity index (χ0n) is 10.4. The molecule has 0 amide bonds. The molecule has 1 aromatic rings. The fourth-order valence-corrected chi connectivity index (χ4v) is 1.12. The van der Waals surface area contributed by atoms with Gasteiger partial charge in [0.25, 0.3) is 0 Å². The van der Waals surface area contributed by atoms with Crippen LogP contribution in [0.2, 0.25) is 0 Å². The molecule has 0 fully saturated rings. The first-order chi connectivity index (χ1) is 7.76. The summed E-state index contributed by atoms with van der Waals surface area (Å²) in [6.45, 7) is 8.04. The van der Waals surface area contributed by atoms with E-state index in [1.54, 1.807) is 12.3 Å². The maximum atomic E-state index is 5.44. The second kappa shape index (κ2) is 7.04. The molecule has 1 atom stereocenters. The zero-order valence-corrected chi connectivity index (χ0v) is 10.4. The minimum Gasteiger partial charge on any atom is -0.478 e. The number of rotatable bonds is 7. The van der Waals surface area contributed by atoms with Crippen molar-refractivity contribution < 1.29 is 4.74 Å². The van der Waals surface area contributed by atoms with E-state index in [9.17, 15) is 0 Å². The quantitative estimate of drug-likeness (QED) is 0.772. The average Bonchev–Trinajstić information content (AvgIpc) is 2.34. The Morgan fingerprint density at radius 1 is 1.44 bits per heavy atom. The molecule has 0 spiro atoms. The number of hydrogen-bond donors (Lipinski definition) is 1. The average molecular weight is 223 g/mol. The highest BCUT2D eigenvalue weighted by Gasteiger charge is 2.02.